The van der Waals surface area contributed by atoms with E-state index >= 15 is 0 Å². The van der Waals surface area contributed by atoms with Crippen molar-refractivity contribution in [2.24, 2.45) is 0 Å². The van der Waals surface area contributed by atoms with Crippen LogP contribution in [0, 0.1) is 6.92 Å². The third kappa shape index (κ3) is 2.18. The fourth-order valence-electron chi connectivity index (χ4n) is 2.44. The molecule has 0 fully saturated rings. The number of ether oxygens (including phenoxy) is 1. The highest BCUT2D eigenvalue weighted by Crippen LogP contribution is 2.29. The highest BCUT2D eigenvalue weighted by atomic mass is 35.5. The van der Waals surface area contributed by atoms with E-state index < -0.39 is 0 Å². The third-order valence-electron chi connectivity index (χ3n) is 3.42. The standard InChI is InChI=1S/C17H12ClN3O/c1-11-10-16-19-17(22-13-8-6-12(18)7-9-13)14-4-2-3-5-15(14)21(16)20-11/h2-10H,1H3. The quantitative estimate of drug-likeness (QED) is 0.541. The van der Waals surface area contributed by atoms with Crippen molar-refractivity contribution in [3.8, 4) is 11.6 Å². The minimum atomic E-state index is 0.560. The molecule has 0 aliphatic carbocycles. The van der Waals surface area contributed by atoms with Crippen LogP contribution >= 0.6 is 11.6 Å². The van der Waals surface area contributed by atoms with Crippen LogP contribution < -0.4 is 4.74 Å². The fraction of sp³-hybridized carbons (Fsp3) is 0.0588. The maximum atomic E-state index is 5.95. The number of nitrogens with zero attached hydrogens (tertiary/aromatic N) is 3. The van der Waals surface area contributed by atoms with E-state index in [0.717, 1.165) is 22.2 Å². The monoisotopic (exact) mass is 309 g/mol. The minimum absolute atomic E-state index is 0.560. The molecular formula is C17H12ClN3O. The second kappa shape index (κ2) is 5.00. The van der Waals surface area contributed by atoms with Gasteiger partial charge in [-0.05, 0) is 43.3 Å². The fourth-order valence-corrected chi connectivity index (χ4v) is 2.56. The summed E-state index contributed by atoms with van der Waals surface area (Å²) in [4.78, 5) is 4.59. The van der Waals surface area contributed by atoms with Gasteiger partial charge in [0.25, 0.3) is 0 Å². The van der Waals surface area contributed by atoms with Crippen molar-refractivity contribution < 1.29 is 4.74 Å². The Kier molecular flexibility index (Phi) is 2.98. The van der Waals surface area contributed by atoms with Crippen LogP contribution in [0.5, 0.6) is 11.6 Å². The topological polar surface area (TPSA) is 39.4 Å². The Morgan fingerprint density at radius 3 is 2.64 bits per heavy atom. The van der Waals surface area contributed by atoms with Gasteiger partial charge in [-0.1, -0.05) is 23.7 Å². The number of benzene rings is 2. The van der Waals surface area contributed by atoms with Crippen molar-refractivity contribution in [1.82, 2.24) is 14.6 Å². The molecule has 0 saturated carbocycles. The van der Waals surface area contributed by atoms with E-state index in [-0.39, 0.29) is 0 Å². The largest absolute Gasteiger partial charge is 0.438 e. The summed E-state index contributed by atoms with van der Waals surface area (Å²) in [5.74, 6) is 1.26. The van der Waals surface area contributed by atoms with E-state index in [1.807, 2.05) is 53.9 Å². The Morgan fingerprint density at radius 2 is 1.82 bits per heavy atom. The number of aryl methyl sites for hydroxylation is 1. The second-order valence-corrected chi connectivity index (χ2v) is 5.48. The molecule has 4 aromatic rings. The number of hydrogen-bond acceptors (Lipinski definition) is 3. The molecule has 0 aliphatic heterocycles. The molecule has 4 nitrogen and oxygen atoms in total. The smallest absolute Gasteiger partial charge is 0.230 e. The van der Waals surface area contributed by atoms with E-state index in [4.69, 9.17) is 16.3 Å². The summed E-state index contributed by atoms with van der Waals surface area (Å²) < 4.78 is 7.79. The molecule has 0 aliphatic rings. The van der Waals surface area contributed by atoms with Gasteiger partial charge < -0.3 is 4.74 Å². The first-order valence-corrected chi connectivity index (χ1v) is 7.27. The number of halogens is 1. The lowest BCUT2D eigenvalue weighted by Gasteiger charge is -2.09. The van der Waals surface area contributed by atoms with Crippen molar-refractivity contribution in [2.75, 3.05) is 0 Å². The molecule has 0 bridgehead atoms. The van der Waals surface area contributed by atoms with Gasteiger partial charge in [-0.2, -0.15) is 10.1 Å². The number of fused-ring (bicyclic) bond motifs is 3. The minimum Gasteiger partial charge on any atom is -0.438 e. The Morgan fingerprint density at radius 1 is 1.05 bits per heavy atom. The molecule has 0 amide bonds. The van der Waals surface area contributed by atoms with Crippen LogP contribution in [-0.2, 0) is 0 Å². The third-order valence-corrected chi connectivity index (χ3v) is 3.67. The maximum Gasteiger partial charge on any atom is 0.230 e. The van der Waals surface area contributed by atoms with Crippen LogP contribution in [0.3, 0.4) is 0 Å². The average Bonchev–Trinajstić information content (AvgIpc) is 2.90. The summed E-state index contributed by atoms with van der Waals surface area (Å²) in [7, 11) is 0. The zero-order valence-electron chi connectivity index (χ0n) is 11.8. The molecule has 0 unspecified atom stereocenters. The van der Waals surface area contributed by atoms with Crippen molar-refractivity contribution in [2.45, 2.75) is 6.92 Å². The summed E-state index contributed by atoms with van der Waals surface area (Å²) in [6.07, 6.45) is 0. The lowest BCUT2D eigenvalue weighted by molar-refractivity contribution is 0.470. The summed E-state index contributed by atoms with van der Waals surface area (Å²) in [5.41, 5.74) is 2.64. The van der Waals surface area contributed by atoms with E-state index in [0.29, 0.717) is 16.7 Å². The number of aromatic nitrogens is 3. The van der Waals surface area contributed by atoms with Crippen molar-refractivity contribution in [3.05, 3.63) is 65.3 Å². The van der Waals surface area contributed by atoms with Crippen LogP contribution in [0.15, 0.2) is 54.6 Å². The number of rotatable bonds is 2. The number of para-hydroxylation sites is 1. The second-order valence-electron chi connectivity index (χ2n) is 5.05. The average molecular weight is 310 g/mol. The lowest BCUT2D eigenvalue weighted by Crippen LogP contribution is -1.97. The highest BCUT2D eigenvalue weighted by molar-refractivity contribution is 6.30. The Hall–Kier alpha value is -2.59. The molecular weight excluding hydrogens is 298 g/mol. The predicted octanol–water partition coefficient (Wildman–Crippen LogP) is 4.64. The van der Waals surface area contributed by atoms with Crippen LogP contribution in [0.2, 0.25) is 5.02 Å². The lowest BCUT2D eigenvalue weighted by atomic mass is 10.2. The van der Waals surface area contributed by atoms with Gasteiger partial charge in [0.15, 0.2) is 5.65 Å². The molecule has 4 rings (SSSR count). The molecule has 2 aromatic heterocycles. The summed E-state index contributed by atoms with van der Waals surface area (Å²) in [6.45, 7) is 1.95. The molecule has 0 N–H and O–H groups in total. The van der Waals surface area contributed by atoms with E-state index in [2.05, 4.69) is 10.1 Å². The number of hydrogen-bond donors (Lipinski definition) is 0. The van der Waals surface area contributed by atoms with Gasteiger partial charge in [-0.15, -0.1) is 0 Å². The molecule has 5 heteroatoms. The van der Waals surface area contributed by atoms with E-state index in [1.54, 1.807) is 12.1 Å². The van der Waals surface area contributed by atoms with Gasteiger partial charge in [-0.3, -0.25) is 0 Å². The Bertz CT molecular complexity index is 976. The first kappa shape index (κ1) is 13.1. The summed E-state index contributed by atoms with van der Waals surface area (Å²) in [6, 6.07) is 17.1. The Labute approximate surface area is 131 Å². The van der Waals surface area contributed by atoms with Gasteiger partial charge in [-0.25, -0.2) is 4.52 Å². The first-order chi connectivity index (χ1) is 10.7. The molecule has 22 heavy (non-hydrogen) atoms. The van der Waals surface area contributed by atoms with Crippen LogP contribution in [0.4, 0.5) is 0 Å². The van der Waals surface area contributed by atoms with Crippen molar-refractivity contribution in [3.63, 3.8) is 0 Å². The normalized spacial score (nSPS) is 11.2. The zero-order chi connectivity index (χ0) is 15.1. The summed E-state index contributed by atoms with van der Waals surface area (Å²) >= 11 is 5.91. The maximum absolute atomic E-state index is 5.95. The van der Waals surface area contributed by atoms with Crippen molar-refractivity contribution in [1.29, 1.82) is 0 Å². The van der Waals surface area contributed by atoms with Crippen molar-refractivity contribution >= 4 is 28.2 Å². The van der Waals surface area contributed by atoms with Gasteiger partial charge in [0.05, 0.1) is 16.6 Å². The SMILES string of the molecule is Cc1cc2nc(Oc3ccc(Cl)cc3)c3ccccc3n2n1. The Balaban J connectivity index is 1.92. The van der Waals surface area contributed by atoms with Gasteiger partial charge in [0.1, 0.15) is 5.75 Å². The first-order valence-electron chi connectivity index (χ1n) is 6.89. The molecule has 0 spiro atoms. The molecule has 0 atom stereocenters. The van der Waals surface area contributed by atoms with E-state index in [1.165, 1.54) is 0 Å². The molecule has 2 aromatic carbocycles. The van der Waals surface area contributed by atoms with Gasteiger partial charge in [0, 0.05) is 11.1 Å². The van der Waals surface area contributed by atoms with E-state index in [9.17, 15) is 0 Å². The van der Waals surface area contributed by atoms with Gasteiger partial charge in [0.2, 0.25) is 5.88 Å². The zero-order valence-corrected chi connectivity index (χ0v) is 12.6. The molecule has 0 saturated heterocycles. The van der Waals surface area contributed by atoms with Crippen LogP contribution in [0.25, 0.3) is 16.6 Å². The predicted molar refractivity (Wildman–Crippen MR) is 86.8 cm³/mol. The van der Waals surface area contributed by atoms with Crippen LogP contribution in [0.1, 0.15) is 5.69 Å². The molecule has 108 valence electrons. The highest BCUT2D eigenvalue weighted by Gasteiger charge is 2.11. The van der Waals surface area contributed by atoms with Crippen LogP contribution in [-0.4, -0.2) is 14.6 Å². The van der Waals surface area contributed by atoms with Gasteiger partial charge >= 0.3 is 0 Å². The molecule has 2 heterocycles. The molecule has 0 radical (unpaired) electrons. The summed E-state index contributed by atoms with van der Waals surface area (Å²) in [5, 5.41) is 6.07.